The summed E-state index contributed by atoms with van der Waals surface area (Å²) in [7, 11) is 2.26. The highest BCUT2D eigenvalue weighted by molar-refractivity contribution is 4.73. The van der Waals surface area contributed by atoms with Crippen molar-refractivity contribution >= 4 is 0 Å². The summed E-state index contributed by atoms with van der Waals surface area (Å²) >= 11 is 0. The summed E-state index contributed by atoms with van der Waals surface area (Å²) in [5.41, 5.74) is 0. The number of likely N-dealkylation sites (N-methyl/N-ethyl adjacent to an activating group) is 1. The fourth-order valence-corrected chi connectivity index (χ4v) is 3.02. The molecule has 0 radical (unpaired) electrons. The summed E-state index contributed by atoms with van der Waals surface area (Å²) in [5.74, 6) is 0.963. The maximum absolute atomic E-state index is 5.67. The van der Waals surface area contributed by atoms with Gasteiger partial charge in [-0.2, -0.15) is 0 Å². The van der Waals surface area contributed by atoms with Crippen LogP contribution in [0.25, 0.3) is 0 Å². The van der Waals surface area contributed by atoms with Crippen LogP contribution in [0.1, 0.15) is 44.9 Å². The minimum Gasteiger partial charge on any atom is -0.377 e. The van der Waals surface area contributed by atoms with E-state index in [0.29, 0.717) is 6.10 Å². The van der Waals surface area contributed by atoms with Gasteiger partial charge in [-0.15, -0.1) is 0 Å². The molecule has 0 aromatic carbocycles. The van der Waals surface area contributed by atoms with E-state index in [4.69, 9.17) is 4.74 Å². The Morgan fingerprint density at radius 3 is 2.47 bits per heavy atom. The lowest BCUT2D eigenvalue weighted by molar-refractivity contribution is 0.0743. The zero-order valence-corrected chi connectivity index (χ0v) is 10.1. The lowest BCUT2D eigenvalue weighted by Gasteiger charge is -2.28. The molecule has 0 N–H and O–H groups in total. The summed E-state index contributed by atoms with van der Waals surface area (Å²) in [4.78, 5) is 2.49. The maximum atomic E-state index is 5.67. The Hall–Kier alpha value is -0.0800. The summed E-state index contributed by atoms with van der Waals surface area (Å²) in [6.07, 6.45) is 10.4. The molecule has 2 heteroatoms. The molecule has 1 saturated carbocycles. The SMILES string of the molecule is CN(CC1CCCCC1)CC1CCCO1. The molecule has 2 rings (SSSR count). The first-order valence-electron chi connectivity index (χ1n) is 6.65. The molecule has 2 fully saturated rings. The van der Waals surface area contributed by atoms with Crippen molar-refractivity contribution in [1.82, 2.24) is 4.90 Å². The summed E-state index contributed by atoms with van der Waals surface area (Å²) in [5, 5.41) is 0. The van der Waals surface area contributed by atoms with Gasteiger partial charge in [-0.3, -0.25) is 0 Å². The minimum absolute atomic E-state index is 0.526. The maximum Gasteiger partial charge on any atom is 0.0702 e. The van der Waals surface area contributed by atoms with Gasteiger partial charge in [-0.05, 0) is 38.6 Å². The second-order valence-electron chi connectivity index (χ2n) is 5.36. The number of hydrogen-bond acceptors (Lipinski definition) is 2. The molecule has 88 valence electrons. The van der Waals surface area contributed by atoms with Crippen LogP contribution in [0.15, 0.2) is 0 Å². The molecule has 15 heavy (non-hydrogen) atoms. The van der Waals surface area contributed by atoms with Crippen LogP contribution in [-0.2, 0) is 4.74 Å². The highest BCUT2D eigenvalue weighted by atomic mass is 16.5. The van der Waals surface area contributed by atoms with Crippen molar-refractivity contribution < 1.29 is 4.74 Å². The second kappa shape index (κ2) is 5.86. The van der Waals surface area contributed by atoms with E-state index in [0.717, 1.165) is 19.1 Å². The van der Waals surface area contributed by atoms with Crippen LogP contribution >= 0.6 is 0 Å². The van der Waals surface area contributed by atoms with Gasteiger partial charge in [0.25, 0.3) is 0 Å². The van der Waals surface area contributed by atoms with Gasteiger partial charge in [-0.25, -0.2) is 0 Å². The fourth-order valence-electron chi connectivity index (χ4n) is 3.02. The van der Waals surface area contributed by atoms with Crippen molar-refractivity contribution in [1.29, 1.82) is 0 Å². The molecule has 1 atom stereocenters. The van der Waals surface area contributed by atoms with Crippen molar-refractivity contribution in [3.63, 3.8) is 0 Å². The Labute approximate surface area is 94.0 Å². The molecule has 0 aromatic rings. The number of nitrogens with zero attached hydrogens (tertiary/aromatic N) is 1. The molecule has 1 saturated heterocycles. The zero-order valence-electron chi connectivity index (χ0n) is 10.1. The molecule has 2 aliphatic rings. The monoisotopic (exact) mass is 211 g/mol. The van der Waals surface area contributed by atoms with Crippen molar-refractivity contribution in [2.75, 3.05) is 26.7 Å². The van der Waals surface area contributed by atoms with E-state index in [2.05, 4.69) is 11.9 Å². The molecular formula is C13H25NO. The van der Waals surface area contributed by atoms with Gasteiger partial charge in [-0.1, -0.05) is 19.3 Å². The first kappa shape index (κ1) is 11.4. The summed E-state index contributed by atoms with van der Waals surface area (Å²) in [6.45, 7) is 3.43. The van der Waals surface area contributed by atoms with Gasteiger partial charge in [0, 0.05) is 19.7 Å². The Morgan fingerprint density at radius 1 is 1.00 bits per heavy atom. The number of hydrogen-bond donors (Lipinski definition) is 0. The highest BCUT2D eigenvalue weighted by Crippen LogP contribution is 2.24. The largest absolute Gasteiger partial charge is 0.377 e. The Balaban J connectivity index is 1.64. The van der Waals surface area contributed by atoms with E-state index in [-0.39, 0.29) is 0 Å². The van der Waals surface area contributed by atoms with E-state index >= 15 is 0 Å². The molecule has 0 aromatic heterocycles. The van der Waals surface area contributed by atoms with Gasteiger partial charge >= 0.3 is 0 Å². The first-order valence-corrected chi connectivity index (χ1v) is 6.65. The highest BCUT2D eigenvalue weighted by Gasteiger charge is 2.20. The van der Waals surface area contributed by atoms with E-state index in [1.165, 1.54) is 51.5 Å². The van der Waals surface area contributed by atoms with Crippen molar-refractivity contribution in [2.45, 2.75) is 51.0 Å². The molecule has 1 aliphatic carbocycles. The molecule has 1 unspecified atom stereocenters. The van der Waals surface area contributed by atoms with E-state index < -0.39 is 0 Å². The predicted octanol–water partition coefficient (Wildman–Crippen LogP) is 2.68. The van der Waals surface area contributed by atoms with Gasteiger partial charge in [0.05, 0.1) is 6.10 Å². The van der Waals surface area contributed by atoms with Crippen LogP contribution in [0.3, 0.4) is 0 Å². The third kappa shape index (κ3) is 3.76. The Morgan fingerprint density at radius 2 is 1.80 bits per heavy atom. The summed E-state index contributed by atoms with van der Waals surface area (Å²) < 4.78 is 5.67. The third-order valence-corrected chi connectivity index (χ3v) is 3.83. The number of rotatable bonds is 4. The molecular weight excluding hydrogens is 186 g/mol. The smallest absolute Gasteiger partial charge is 0.0702 e. The molecule has 1 aliphatic heterocycles. The van der Waals surface area contributed by atoms with Crippen LogP contribution in [0.5, 0.6) is 0 Å². The van der Waals surface area contributed by atoms with E-state index in [1.807, 2.05) is 0 Å². The molecule has 0 bridgehead atoms. The predicted molar refractivity (Wildman–Crippen MR) is 63.0 cm³/mol. The normalized spacial score (nSPS) is 28.8. The van der Waals surface area contributed by atoms with Gasteiger partial charge < -0.3 is 9.64 Å². The quantitative estimate of drug-likeness (QED) is 0.709. The van der Waals surface area contributed by atoms with E-state index in [1.54, 1.807) is 0 Å². The lowest BCUT2D eigenvalue weighted by Crippen LogP contribution is -2.33. The van der Waals surface area contributed by atoms with Crippen LogP contribution < -0.4 is 0 Å². The van der Waals surface area contributed by atoms with Crippen molar-refractivity contribution in [2.24, 2.45) is 5.92 Å². The molecule has 1 heterocycles. The first-order chi connectivity index (χ1) is 7.34. The Bertz CT molecular complexity index is 171. The minimum atomic E-state index is 0.526. The standard InChI is InChI=1S/C13H25NO/c1-14(11-13-8-5-9-15-13)10-12-6-3-2-4-7-12/h12-13H,2-11H2,1H3. The van der Waals surface area contributed by atoms with Crippen molar-refractivity contribution in [3.8, 4) is 0 Å². The molecule has 0 amide bonds. The Kier molecular flexibility index (Phi) is 4.45. The van der Waals surface area contributed by atoms with Crippen LogP contribution in [0.2, 0.25) is 0 Å². The average molecular weight is 211 g/mol. The van der Waals surface area contributed by atoms with Crippen LogP contribution in [0.4, 0.5) is 0 Å². The molecule has 0 spiro atoms. The zero-order chi connectivity index (χ0) is 10.5. The lowest BCUT2D eigenvalue weighted by atomic mass is 9.89. The fraction of sp³-hybridized carbons (Fsp3) is 1.00. The molecule has 2 nitrogen and oxygen atoms in total. The average Bonchev–Trinajstić information content (AvgIpc) is 2.71. The van der Waals surface area contributed by atoms with Crippen molar-refractivity contribution in [3.05, 3.63) is 0 Å². The van der Waals surface area contributed by atoms with Crippen LogP contribution in [0, 0.1) is 5.92 Å². The summed E-state index contributed by atoms with van der Waals surface area (Å²) in [6, 6.07) is 0. The van der Waals surface area contributed by atoms with Gasteiger partial charge in [0.15, 0.2) is 0 Å². The topological polar surface area (TPSA) is 12.5 Å². The van der Waals surface area contributed by atoms with Crippen LogP contribution in [-0.4, -0.2) is 37.7 Å². The van der Waals surface area contributed by atoms with E-state index in [9.17, 15) is 0 Å². The third-order valence-electron chi connectivity index (χ3n) is 3.83. The van der Waals surface area contributed by atoms with Gasteiger partial charge in [0.2, 0.25) is 0 Å². The number of ether oxygens (including phenoxy) is 1. The second-order valence-corrected chi connectivity index (χ2v) is 5.36. The van der Waals surface area contributed by atoms with Gasteiger partial charge in [0.1, 0.15) is 0 Å².